The zero-order chi connectivity index (χ0) is 23.1. The fraction of sp³-hybridized carbons (Fsp3) is 0.417. The van der Waals surface area contributed by atoms with E-state index in [-0.39, 0.29) is 18.3 Å². The minimum atomic E-state index is 0. The molecule has 0 atom stereocenters. The number of methoxy groups -OCH3 is 2. The number of likely N-dealkylation sites (N-methyl/N-ethyl adjacent to an activating group) is 1. The van der Waals surface area contributed by atoms with Crippen LogP contribution in [0.5, 0.6) is 11.5 Å². The molecule has 0 spiro atoms. The van der Waals surface area contributed by atoms with Crippen molar-refractivity contribution in [3.63, 3.8) is 0 Å². The van der Waals surface area contributed by atoms with Crippen LogP contribution in [0.3, 0.4) is 0 Å². The molecule has 1 amide bonds. The van der Waals surface area contributed by atoms with Crippen LogP contribution in [0.2, 0.25) is 0 Å². The maximum Gasteiger partial charge on any atom is 0.239 e. The van der Waals surface area contributed by atoms with Gasteiger partial charge < -0.3 is 14.4 Å². The predicted molar refractivity (Wildman–Crippen MR) is 142 cm³/mol. The van der Waals surface area contributed by atoms with Gasteiger partial charge in [-0.2, -0.15) is 0 Å². The van der Waals surface area contributed by atoms with Gasteiger partial charge in [0, 0.05) is 18.0 Å². The van der Waals surface area contributed by atoms with Crippen molar-refractivity contribution >= 4 is 56.8 Å². The van der Waals surface area contributed by atoms with Crippen LogP contribution in [0, 0.1) is 6.92 Å². The number of nitrogens with zero attached hydrogens (tertiary/aromatic N) is 3. The van der Waals surface area contributed by atoms with E-state index < -0.39 is 0 Å². The fourth-order valence-electron chi connectivity index (χ4n) is 3.38. The van der Waals surface area contributed by atoms with Gasteiger partial charge in [0.05, 0.1) is 24.7 Å². The summed E-state index contributed by atoms with van der Waals surface area (Å²) in [6, 6.07) is 11.7. The van der Waals surface area contributed by atoms with Crippen molar-refractivity contribution in [3.8, 4) is 11.5 Å². The van der Waals surface area contributed by atoms with Crippen molar-refractivity contribution < 1.29 is 14.3 Å². The first kappa shape index (κ1) is 27.2. The molecular formula is C24H32ClN3O3S2. The second-order valence-electron chi connectivity index (χ2n) is 7.30. The standard InChI is InChI=1S/C24H31N3O3S2.ClH/c1-6-26(7-2)14-15-27(21(28)16-31-19-11-9-18(29-4)10-12-19)24-25-22-20(30-5)13-8-17(3)23(22)32-24;/h8-13H,6-7,14-16H2,1-5H3;1H. The Morgan fingerprint density at radius 3 is 2.33 bits per heavy atom. The normalized spacial score (nSPS) is 10.8. The lowest BCUT2D eigenvalue weighted by Gasteiger charge is -2.24. The van der Waals surface area contributed by atoms with E-state index in [1.165, 1.54) is 11.8 Å². The van der Waals surface area contributed by atoms with E-state index in [2.05, 4.69) is 25.7 Å². The first-order valence-electron chi connectivity index (χ1n) is 10.7. The highest BCUT2D eigenvalue weighted by Crippen LogP contribution is 2.36. The Morgan fingerprint density at radius 2 is 1.73 bits per heavy atom. The zero-order valence-corrected chi connectivity index (χ0v) is 22.2. The Labute approximate surface area is 210 Å². The van der Waals surface area contributed by atoms with E-state index in [1.54, 1.807) is 25.6 Å². The second kappa shape index (κ2) is 13.0. The second-order valence-corrected chi connectivity index (χ2v) is 9.32. The third-order valence-electron chi connectivity index (χ3n) is 5.40. The number of benzene rings is 2. The van der Waals surface area contributed by atoms with Gasteiger partial charge in [-0.1, -0.05) is 31.3 Å². The van der Waals surface area contributed by atoms with Gasteiger partial charge in [0.25, 0.3) is 0 Å². The lowest BCUT2D eigenvalue weighted by atomic mass is 10.2. The fourth-order valence-corrected chi connectivity index (χ4v) is 5.25. The van der Waals surface area contributed by atoms with Crippen molar-refractivity contribution in [2.75, 3.05) is 51.1 Å². The summed E-state index contributed by atoms with van der Waals surface area (Å²) in [5.41, 5.74) is 1.95. The molecule has 0 saturated heterocycles. The average Bonchev–Trinajstić information content (AvgIpc) is 3.27. The van der Waals surface area contributed by atoms with Crippen molar-refractivity contribution in [1.82, 2.24) is 9.88 Å². The highest BCUT2D eigenvalue weighted by molar-refractivity contribution is 8.00. The SMILES string of the molecule is CCN(CC)CCN(C(=O)CSc1ccc(OC)cc1)c1nc2c(OC)ccc(C)c2s1.Cl. The first-order chi connectivity index (χ1) is 15.5. The van der Waals surface area contributed by atoms with Crippen LogP contribution in [0.1, 0.15) is 19.4 Å². The Kier molecular flexibility index (Phi) is 10.8. The Morgan fingerprint density at radius 1 is 1.03 bits per heavy atom. The Bertz CT molecular complexity index is 1040. The number of aromatic nitrogens is 1. The number of rotatable bonds is 11. The topological polar surface area (TPSA) is 54.9 Å². The molecule has 33 heavy (non-hydrogen) atoms. The van der Waals surface area contributed by atoms with Crippen LogP contribution in [0.4, 0.5) is 5.13 Å². The van der Waals surface area contributed by atoms with Gasteiger partial charge in [-0.25, -0.2) is 4.98 Å². The average molecular weight is 510 g/mol. The molecule has 180 valence electrons. The number of fused-ring (bicyclic) bond motifs is 1. The summed E-state index contributed by atoms with van der Waals surface area (Å²) >= 11 is 3.08. The number of hydrogen-bond donors (Lipinski definition) is 0. The smallest absolute Gasteiger partial charge is 0.239 e. The van der Waals surface area contributed by atoms with Crippen LogP contribution in [-0.2, 0) is 4.79 Å². The summed E-state index contributed by atoms with van der Waals surface area (Å²) in [6.45, 7) is 9.65. The molecule has 3 rings (SSSR count). The number of thioether (sulfide) groups is 1. The van der Waals surface area contributed by atoms with Crippen molar-refractivity contribution in [2.45, 2.75) is 25.7 Å². The van der Waals surface area contributed by atoms with Gasteiger partial charge in [-0.3, -0.25) is 9.69 Å². The Hall–Kier alpha value is -2.00. The van der Waals surface area contributed by atoms with Gasteiger partial charge in [-0.15, -0.1) is 24.2 Å². The molecule has 0 bridgehead atoms. The molecule has 9 heteroatoms. The molecule has 6 nitrogen and oxygen atoms in total. The van der Waals surface area contributed by atoms with E-state index in [9.17, 15) is 4.79 Å². The molecule has 0 N–H and O–H groups in total. The predicted octanol–water partition coefficient (Wildman–Crippen LogP) is 5.51. The molecule has 1 heterocycles. The van der Waals surface area contributed by atoms with Gasteiger partial charge in [0.15, 0.2) is 5.13 Å². The minimum absolute atomic E-state index is 0. The number of ether oxygens (including phenoxy) is 2. The van der Waals surface area contributed by atoms with Crippen LogP contribution < -0.4 is 14.4 Å². The molecule has 0 radical (unpaired) electrons. The van der Waals surface area contributed by atoms with Crippen LogP contribution in [0.25, 0.3) is 10.2 Å². The number of halogens is 1. The molecule has 1 aromatic heterocycles. The number of hydrogen-bond acceptors (Lipinski definition) is 7. The van der Waals surface area contributed by atoms with E-state index in [4.69, 9.17) is 14.5 Å². The molecule has 0 aliphatic rings. The van der Waals surface area contributed by atoms with Gasteiger partial charge in [0.2, 0.25) is 5.91 Å². The third kappa shape index (κ3) is 6.76. The third-order valence-corrected chi connectivity index (χ3v) is 7.61. The molecular weight excluding hydrogens is 478 g/mol. The summed E-state index contributed by atoms with van der Waals surface area (Å²) in [4.78, 5) is 23.3. The van der Waals surface area contributed by atoms with E-state index in [0.29, 0.717) is 12.3 Å². The summed E-state index contributed by atoms with van der Waals surface area (Å²) in [5, 5.41) is 0.722. The quantitative estimate of drug-likeness (QED) is 0.318. The summed E-state index contributed by atoms with van der Waals surface area (Å²) in [6.07, 6.45) is 0. The first-order valence-corrected chi connectivity index (χ1v) is 12.5. The highest BCUT2D eigenvalue weighted by Gasteiger charge is 2.22. The van der Waals surface area contributed by atoms with Crippen LogP contribution >= 0.6 is 35.5 Å². The number of aryl methyl sites for hydroxylation is 1. The number of anilines is 1. The van der Waals surface area contributed by atoms with E-state index >= 15 is 0 Å². The number of thiazole rings is 1. The van der Waals surface area contributed by atoms with E-state index in [1.807, 2.05) is 41.3 Å². The monoisotopic (exact) mass is 509 g/mol. The minimum Gasteiger partial charge on any atom is -0.497 e. The van der Waals surface area contributed by atoms with Crippen LogP contribution in [-0.4, -0.2) is 61.9 Å². The Balaban J connectivity index is 0.00000385. The van der Waals surface area contributed by atoms with E-state index in [0.717, 1.165) is 56.9 Å². The maximum absolute atomic E-state index is 13.3. The molecule has 3 aromatic rings. The van der Waals surface area contributed by atoms with Crippen molar-refractivity contribution in [1.29, 1.82) is 0 Å². The zero-order valence-electron chi connectivity index (χ0n) is 19.8. The van der Waals surface area contributed by atoms with Gasteiger partial charge in [0.1, 0.15) is 17.0 Å². The lowest BCUT2D eigenvalue weighted by Crippen LogP contribution is -2.39. The number of carbonyl (C=O) groups is 1. The van der Waals surface area contributed by atoms with Crippen molar-refractivity contribution in [2.24, 2.45) is 0 Å². The van der Waals surface area contributed by atoms with Gasteiger partial charge in [-0.05, 0) is 55.9 Å². The summed E-state index contributed by atoms with van der Waals surface area (Å²) < 4.78 is 11.8. The lowest BCUT2D eigenvalue weighted by molar-refractivity contribution is -0.116. The maximum atomic E-state index is 13.3. The molecule has 0 saturated carbocycles. The molecule has 0 aliphatic heterocycles. The number of amides is 1. The molecule has 2 aromatic carbocycles. The largest absolute Gasteiger partial charge is 0.497 e. The molecule has 0 aliphatic carbocycles. The van der Waals surface area contributed by atoms with Crippen LogP contribution in [0.15, 0.2) is 41.3 Å². The number of carbonyl (C=O) groups excluding carboxylic acids is 1. The molecule has 0 unspecified atom stereocenters. The summed E-state index contributed by atoms with van der Waals surface area (Å²) in [7, 11) is 3.30. The van der Waals surface area contributed by atoms with Gasteiger partial charge >= 0.3 is 0 Å². The molecule has 0 fully saturated rings. The highest BCUT2D eigenvalue weighted by atomic mass is 35.5. The van der Waals surface area contributed by atoms with Crippen molar-refractivity contribution in [3.05, 3.63) is 42.0 Å². The summed E-state index contributed by atoms with van der Waals surface area (Å²) in [5.74, 6) is 1.93.